The van der Waals surface area contributed by atoms with Gasteiger partial charge in [-0.05, 0) is 30.9 Å². The second-order valence-electron chi connectivity index (χ2n) is 4.60. The average Bonchev–Trinajstić information content (AvgIpc) is 3.10. The zero-order valence-corrected chi connectivity index (χ0v) is 11.6. The van der Waals surface area contributed by atoms with Crippen LogP contribution in [0.3, 0.4) is 0 Å². The van der Waals surface area contributed by atoms with Crippen molar-refractivity contribution in [2.45, 2.75) is 18.9 Å². The van der Waals surface area contributed by atoms with Gasteiger partial charge in [0.15, 0.2) is 0 Å². The van der Waals surface area contributed by atoms with Gasteiger partial charge in [0, 0.05) is 7.11 Å². The molecule has 1 aromatic heterocycles. The van der Waals surface area contributed by atoms with Crippen molar-refractivity contribution in [2.75, 3.05) is 19.0 Å². The maximum atomic E-state index is 6.26. The normalized spacial score (nSPS) is 17.0. The standard InChI is InChI=1S/C12H14ClN3OS/c1-17-6-10(7-2-3-7)14-11-8(13)4-5-9-12(11)16-18-15-9/h4-5,7,10,14H,2-3,6H2,1H3. The van der Waals surface area contributed by atoms with E-state index in [-0.39, 0.29) is 0 Å². The number of fused-ring (bicyclic) bond motifs is 1. The Morgan fingerprint density at radius 1 is 1.50 bits per heavy atom. The van der Waals surface area contributed by atoms with Crippen LogP contribution in [0.5, 0.6) is 0 Å². The number of ether oxygens (including phenoxy) is 1. The van der Waals surface area contributed by atoms with Crippen LogP contribution in [0.15, 0.2) is 12.1 Å². The molecule has 96 valence electrons. The largest absolute Gasteiger partial charge is 0.383 e. The lowest BCUT2D eigenvalue weighted by Crippen LogP contribution is -2.27. The van der Waals surface area contributed by atoms with Crippen molar-refractivity contribution in [3.05, 3.63) is 17.2 Å². The number of halogens is 1. The van der Waals surface area contributed by atoms with Gasteiger partial charge in [0.1, 0.15) is 11.0 Å². The third-order valence-corrected chi connectivity index (χ3v) is 4.10. The van der Waals surface area contributed by atoms with E-state index in [9.17, 15) is 0 Å². The van der Waals surface area contributed by atoms with E-state index in [0.29, 0.717) is 23.6 Å². The lowest BCUT2D eigenvalue weighted by Gasteiger charge is -2.19. The van der Waals surface area contributed by atoms with E-state index in [1.54, 1.807) is 7.11 Å². The van der Waals surface area contributed by atoms with E-state index in [2.05, 4.69) is 14.1 Å². The molecule has 1 saturated carbocycles. The highest BCUT2D eigenvalue weighted by molar-refractivity contribution is 7.00. The van der Waals surface area contributed by atoms with Crippen LogP contribution in [0.25, 0.3) is 11.0 Å². The average molecular weight is 284 g/mol. The van der Waals surface area contributed by atoms with Gasteiger partial charge in [-0.15, -0.1) is 0 Å². The van der Waals surface area contributed by atoms with Gasteiger partial charge in [-0.1, -0.05) is 11.6 Å². The molecule has 1 N–H and O–H groups in total. The lowest BCUT2D eigenvalue weighted by molar-refractivity contribution is 0.179. The molecule has 6 heteroatoms. The van der Waals surface area contributed by atoms with Crippen molar-refractivity contribution in [1.82, 2.24) is 8.75 Å². The first-order valence-corrected chi connectivity index (χ1v) is 7.06. The number of benzene rings is 1. The summed E-state index contributed by atoms with van der Waals surface area (Å²) in [6, 6.07) is 4.07. The quantitative estimate of drug-likeness (QED) is 0.915. The number of nitrogens with zero attached hydrogens (tertiary/aromatic N) is 2. The van der Waals surface area contributed by atoms with Gasteiger partial charge in [0.2, 0.25) is 0 Å². The second kappa shape index (κ2) is 4.99. The Morgan fingerprint density at radius 3 is 3.06 bits per heavy atom. The van der Waals surface area contributed by atoms with Crippen molar-refractivity contribution in [3.8, 4) is 0 Å². The molecule has 1 heterocycles. The third kappa shape index (κ3) is 2.30. The highest BCUT2D eigenvalue weighted by Crippen LogP contribution is 2.37. The minimum atomic E-state index is 0.305. The molecule has 0 saturated heterocycles. The summed E-state index contributed by atoms with van der Waals surface area (Å²) >= 11 is 7.47. The number of hydrogen-bond acceptors (Lipinski definition) is 5. The summed E-state index contributed by atoms with van der Waals surface area (Å²) < 4.78 is 13.8. The first-order valence-electron chi connectivity index (χ1n) is 5.96. The zero-order chi connectivity index (χ0) is 12.5. The molecule has 1 atom stereocenters. The minimum Gasteiger partial charge on any atom is -0.383 e. The Kier molecular flexibility index (Phi) is 3.37. The van der Waals surface area contributed by atoms with Crippen molar-refractivity contribution in [2.24, 2.45) is 5.92 Å². The molecule has 1 aliphatic carbocycles. The van der Waals surface area contributed by atoms with Crippen molar-refractivity contribution in [3.63, 3.8) is 0 Å². The van der Waals surface area contributed by atoms with Gasteiger partial charge in [0.05, 0.1) is 35.1 Å². The molecular formula is C12H14ClN3OS. The number of rotatable bonds is 5. The number of aromatic nitrogens is 2. The van der Waals surface area contributed by atoms with E-state index >= 15 is 0 Å². The molecule has 1 aliphatic rings. The Balaban J connectivity index is 1.92. The highest BCUT2D eigenvalue weighted by atomic mass is 35.5. The van der Waals surface area contributed by atoms with Crippen LogP contribution in [0.1, 0.15) is 12.8 Å². The first kappa shape index (κ1) is 12.1. The molecule has 0 amide bonds. The van der Waals surface area contributed by atoms with Crippen LogP contribution < -0.4 is 5.32 Å². The Labute approximate surface area is 115 Å². The van der Waals surface area contributed by atoms with Gasteiger partial charge in [-0.25, -0.2) is 0 Å². The van der Waals surface area contributed by atoms with Crippen molar-refractivity contribution >= 4 is 40.0 Å². The Bertz CT molecular complexity index is 555. The second-order valence-corrected chi connectivity index (χ2v) is 5.53. The van der Waals surface area contributed by atoms with Crippen molar-refractivity contribution < 1.29 is 4.74 Å². The fraction of sp³-hybridized carbons (Fsp3) is 0.500. The third-order valence-electron chi connectivity index (χ3n) is 3.24. The van der Waals surface area contributed by atoms with Crippen LogP contribution in [0.4, 0.5) is 5.69 Å². The molecule has 18 heavy (non-hydrogen) atoms. The molecular weight excluding hydrogens is 270 g/mol. The summed E-state index contributed by atoms with van der Waals surface area (Å²) in [4.78, 5) is 0. The van der Waals surface area contributed by atoms with Crippen LogP contribution in [0.2, 0.25) is 5.02 Å². The molecule has 0 aliphatic heterocycles. The van der Waals surface area contributed by atoms with Crippen LogP contribution in [-0.4, -0.2) is 28.5 Å². The number of anilines is 1. The van der Waals surface area contributed by atoms with E-state index in [1.165, 1.54) is 24.6 Å². The van der Waals surface area contributed by atoms with Gasteiger partial charge >= 0.3 is 0 Å². The summed E-state index contributed by atoms with van der Waals surface area (Å²) in [5.41, 5.74) is 2.63. The Hall–Kier alpha value is -0.910. The SMILES string of the molecule is COCC(Nc1c(Cl)ccc2nsnc12)C1CC1. The molecule has 3 rings (SSSR count). The van der Waals surface area contributed by atoms with E-state index < -0.39 is 0 Å². The monoisotopic (exact) mass is 283 g/mol. The maximum absolute atomic E-state index is 6.26. The van der Waals surface area contributed by atoms with Gasteiger partial charge < -0.3 is 10.1 Å². The number of methoxy groups -OCH3 is 1. The molecule has 4 nitrogen and oxygen atoms in total. The molecule has 0 spiro atoms. The molecule has 1 fully saturated rings. The number of nitrogens with one attached hydrogen (secondary N) is 1. The fourth-order valence-electron chi connectivity index (χ4n) is 2.12. The van der Waals surface area contributed by atoms with Crippen LogP contribution in [-0.2, 0) is 4.74 Å². The van der Waals surface area contributed by atoms with Gasteiger partial charge in [0.25, 0.3) is 0 Å². The van der Waals surface area contributed by atoms with E-state index in [1.807, 2.05) is 12.1 Å². The molecule has 0 radical (unpaired) electrons. The Morgan fingerprint density at radius 2 is 2.33 bits per heavy atom. The van der Waals surface area contributed by atoms with Gasteiger partial charge in [-0.3, -0.25) is 0 Å². The van der Waals surface area contributed by atoms with Crippen molar-refractivity contribution in [1.29, 1.82) is 0 Å². The molecule has 1 unspecified atom stereocenters. The maximum Gasteiger partial charge on any atom is 0.129 e. The fourth-order valence-corrected chi connectivity index (χ4v) is 2.87. The minimum absolute atomic E-state index is 0.305. The summed E-state index contributed by atoms with van der Waals surface area (Å²) in [6.07, 6.45) is 2.51. The number of hydrogen-bond donors (Lipinski definition) is 1. The first-order chi connectivity index (χ1) is 8.79. The summed E-state index contributed by atoms with van der Waals surface area (Å²) in [6.45, 7) is 0.689. The molecule has 0 bridgehead atoms. The smallest absolute Gasteiger partial charge is 0.129 e. The summed E-state index contributed by atoms with van der Waals surface area (Å²) in [7, 11) is 1.73. The summed E-state index contributed by atoms with van der Waals surface area (Å²) in [5.74, 6) is 0.683. The molecule has 1 aromatic carbocycles. The summed E-state index contributed by atoms with van der Waals surface area (Å²) in [5, 5.41) is 4.18. The zero-order valence-electron chi connectivity index (χ0n) is 10.0. The molecule has 2 aromatic rings. The highest BCUT2D eigenvalue weighted by Gasteiger charge is 2.32. The van der Waals surface area contributed by atoms with Gasteiger partial charge in [-0.2, -0.15) is 8.75 Å². The predicted octanol–water partition coefficient (Wildman–Crippen LogP) is 3.18. The van der Waals surface area contributed by atoms with Crippen LogP contribution in [0, 0.1) is 5.92 Å². The topological polar surface area (TPSA) is 47.0 Å². The lowest BCUT2D eigenvalue weighted by atomic mass is 10.1. The van der Waals surface area contributed by atoms with Crippen LogP contribution >= 0.6 is 23.3 Å². The van der Waals surface area contributed by atoms with E-state index in [4.69, 9.17) is 16.3 Å². The van der Waals surface area contributed by atoms with E-state index in [0.717, 1.165) is 16.7 Å². The predicted molar refractivity (Wildman–Crippen MR) is 74.4 cm³/mol.